The van der Waals surface area contributed by atoms with Gasteiger partial charge in [0.2, 0.25) is 0 Å². The van der Waals surface area contributed by atoms with E-state index < -0.39 is 0 Å². The Morgan fingerprint density at radius 2 is 1.94 bits per heavy atom. The fourth-order valence-corrected chi connectivity index (χ4v) is 2.21. The molecular formula is C16H20ClN. The first-order valence-corrected chi connectivity index (χ1v) is 6.89. The second-order valence-corrected chi connectivity index (χ2v) is 6.39. The number of nitrogens with zero attached hydrogens (tertiary/aromatic N) is 1. The molecule has 1 unspecified atom stereocenters. The predicted molar refractivity (Wildman–Crippen MR) is 79.2 cm³/mol. The molecular weight excluding hydrogens is 242 g/mol. The van der Waals surface area contributed by atoms with Crippen LogP contribution in [0.15, 0.2) is 36.5 Å². The van der Waals surface area contributed by atoms with E-state index in [1.54, 1.807) is 0 Å². The molecule has 0 N–H and O–H groups in total. The van der Waals surface area contributed by atoms with E-state index in [2.05, 4.69) is 50.0 Å². The fourth-order valence-electron chi connectivity index (χ4n) is 2.10. The second kappa shape index (κ2) is 5.27. The molecule has 0 spiro atoms. The van der Waals surface area contributed by atoms with E-state index in [1.165, 1.54) is 10.9 Å². The van der Waals surface area contributed by atoms with Gasteiger partial charge < -0.3 is 0 Å². The van der Waals surface area contributed by atoms with Crippen LogP contribution in [0.2, 0.25) is 0 Å². The molecule has 2 rings (SSSR count). The van der Waals surface area contributed by atoms with Crippen molar-refractivity contribution >= 4 is 22.5 Å². The first kappa shape index (κ1) is 13.4. The maximum absolute atomic E-state index is 6.44. The summed E-state index contributed by atoms with van der Waals surface area (Å²) >= 11 is 6.44. The Hall–Kier alpha value is -1.08. The molecule has 0 fully saturated rings. The van der Waals surface area contributed by atoms with Gasteiger partial charge in [0.25, 0.3) is 0 Å². The number of alkyl halides is 1. The molecule has 0 saturated carbocycles. The summed E-state index contributed by atoms with van der Waals surface area (Å²) in [5.41, 5.74) is 2.57. The number of benzene rings is 1. The summed E-state index contributed by atoms with van der Waals surface area (Å²) < 4.78 is 0. The number of halogens is 1. The molecule has 0 amide bonds. The van der Waals surface area contributed by atoms with Crippen molar-refractivity contribution in [3.8, 4) is 0 Å². The van der Waals surface area contributed by atoms with Crippen LogP contribution in [0.1, 0.15) is 32.8 Å². The molecule has 96 valence electrons. The average Bonchev–Trinajstić information content (AvgIpc) is 2.34. The summed E-state index contributed by atoms with van der Waals surface area (Å²) in [5.74, 6) is 0. The van der Waals surface area contributed by atoms with Gasteiger partial charge in [0, 0.05) is 17.0 Å². The van der Waals surface area contributed by atoms with Gasteiger partial charge in [-0.05, 0) is 36.0 Å². The third kappa shape index (κ3) is 3.02. The smallest absolute Gasteiger partial charge is 0.0704 e. The topological polar surface area (TPSA) is 12.9 Å². The van der Waals surface area contributed by atoms with Crippen LogP contribution < -0.4 is 0 Å². The van der Waals surface area contributed by atoms with Gasteiger partial charge >= 0.3 is 0 Å². The summed E-state index contributed by atoms with van der Waals surface area (Å²) in [7, 11) is 0. The Balaban J connectivity index is 2.18. The Morgan fingerprint density at radius 3 is 2.67 bits per heavy atom. The first-order chi connectivity index (χ1) is 8.48. The van der Waals surface area contributed by atoms with E-state index in [4.69, 9.17) is 11.6 Å². The van der Waals surface area contributed by atoms with Crippen molar-refractivity contribution in [2.24, 2.45) is 5.41 Å². The van der Waals surface area contributed by atoms with Gasteiger partial charge in [-0.15, -0.1) is 11.6 Å². The minimum atomic E-state index is 0.157. The molecule has 1 atom stereocenters. The highest BCUT2D eigenvalue weighted by Crippen LogP contribution is 2.29. The van der Waals surface area contributed by atoms with Crippen LogP contribution in [-0.2, 0) is 6.42 Å². The lowest BCUT2D eigenvalue weighted by Crippen LogP contribution is -2.21. The minimum absolute atomic E-state index is 0.157. The quantitative estimate of drug-likeness (QED) is 0.722. The standard InChI is InChI=1S/C16H20ClN/c1-16(2,3)15(17)10-9-12-6-4-8-14-13(12)7-5-11-18-14/h4-8,11,15H,9-10H2,1-3H3. The number of aromatic nitrogens is 1. The van der Waals surface area contributed by atoms with Gasteiger partial charge in [-0.1, -0.05) is 39.0 Å². The zero-order chi connectivity index (χ0) is 13.2. The Kier molecular flexibility index (Phi) is 3.91. The maximum atomic E-state index is 6.44. The van der Waals surface area contributed by atoms with E-state index in [-0.39, 0.29) is 10.8 Å². The lowest BCUT2D eigenvalue weighted by atomic mass is 9.88. The van der Waals surface area contributed by atoms with Crippen LogP contribution in [0.3, 0.4) is 0 Å². The highest BCUT2D eigenvalue weighted by Gasteiger charge is 2.21. The van der Waals surface area contributed by atoms with Crippen LogP contribution >= 0.6 is 11.6 Å². The Bertz CT molecular complexity index is 523. The predicted octanol–water partition coefficient (Wildman–Crippen LogP) is 4.82. The maximum Gasteiger partial charge on any atom is 0.0704 e. The van der Waals surface area contributed by atoms with E-state index in [1.807, 2.05) is 12.3 Å². The highest BCUT2D eigenvalue weighted by molar-refractivity contribution is 6.21. The third-order valence-electron chi connectivity index (χ3n) is 3.34. The first-order valence-electron chi connectivity index (χ1n) is 6.45. The summed E-state index contributed by atoms with van der Waals surface area (Å²) in [5, 5.41) is 1.45. The molecule has 1 aromatic heterocycles. The average molecular weight is 262 g/mol. The van der Waals surface area contributed by atoms with E-state index >= 15 is 0 Å². The Labute approximate surface area is 114 Å². The van der Waals surface area contributed by atoms with Crippen molar-refractivity contribution in [1.82, 2.24) is 4.98 Å². The van der Waals surface area contributed by atoms with Crippen LogP contribution in [0.4, 0.5) is 0 Å². The fraction of sp³-hybridized carbons (Fsp3) is 0.438. The van der Waals surface area contributed by atoms with Crippen molar-refractivity contribution < 1.29 is 0 Å². The number of pyridine rings is 1. The zero-order valence-electron chi connectivity index (χ0n) is 11.3. The zero-order valence-corrected chi connectivity index (χ0v) is 12.0. The molecule has 1 heterocycles. The highest BCUT2D eigenvalue weighted by atomic mass is 35.5. The van der Waals surface area contributed by atoms with E-state index in [0.29, 0.717) is 0 Å². The normalized spacial score (nSPS) is 13.8. The van der Waals surface area contributed by atoms with Gasteiger partial charge in [0.1, 0.15) is 0 Å². The van der Waals surface area contributed by atoms with Gasteiger partial charge in [-0.25, -0.2) is 0 Å². The third-order valence-corrected chi connectivity index (χ3v) is 4.22. The lowest BCUT2D eigenvalue weighted by Gasteiger charge is -2.25. The molecule has 0 radical (unpaired) electrons. The van der Waals surface area contributed by atoms with Gasteiger partial charge in [0.15, 0.2) is 0 Å². The summed E-state index contributed by atoms with van der Waals surface area (Å²) in [4.78, 5) is 4.38. The largest absolute Gasteiger partial charge is 0.256 e. The van der Waals surface area contributed by atoms with Crippen LogP contribution in [0.5, 0.6) is 0 Å². The number of hydrogen-bond acceptors (Lipinski definition) is 1. The molecule has 1 aromatic carbocycles. The summed E-state index contributed by atoms with van der Waals surface area (Å²) in [6, 6.07) is 10.4. The van der Waals surface area contributed by atoms with Crippen LogP contribution in [-0.4, -0.2) is 10.4 Å². The molecule has 2 aromatic rings. The number of hydrogen-bond donors (Lipinski definition) is 0. The number of aryl methyl sites for hydroxylation is 1. The monoisotopic (exact) mass is 261 g/mol. The molecule has 0 aliphatic heterocycles. The lowest BCUT2D eigenvalue weighted by molar-refractivity contribution is 0.374. The molecule has 0 aliphatic carbocycles. The van der Waals surface area contributed by atoms with Crippen molar-refractivity contribution in [1.29, 1.82) is 0 Å². The van der Waals surface area contributed by atoms with Gasteiger partial charge in [-0.2, -0.15) is 0 Å². The SMILES string of the molecule is CC(C)(C)C(Cl)CCc1cccc2ncccc12. The van der Waals surface area contributed by atoms with Crippen molar-refractivity contribution in [2.75, 3.05) is 0 Å². The summed E-state index contributed by atoms with van der Waals surface area (Å²) in [6.07, 6.45) is 3.85. The minimum Gasteiger partial charge on any atom is -0.256 e. The van der Waals surface area contributed by atoms with E-state index in [0.717, 1.165) is 18.4 Å². The molecule has 2 heteroatoms. The van der Waals surface area contributed by atoms with Crippen LogP contribution in [0.25, 0.3) is 10.9 Å². The van der Waals surface area contributed by atoms with Crippen molar-refractivity contribution in [3.05, 3.63) is 42.1 Å². The molecule has 0 aliphatic rings. The molecule has 18 heavy (non-hydrogen) atoms. The summed E-state index contributed by atoms with van der Waals surface area (Å²) in [6.45, 7) is 6.57. The molecule has 1 nitrogen and oxygen atoms in total. The number of fused-ring (bicyclic) bond motifs is 1. The van der Waals surface area contributed by atoms with Gasteiger partial charge in [-0.3, -0.25) is 4.98 Å². The Morgan fingerprint density at radius 1 is 1.17 bits per heavy atom. The van der Waals surface area contributed by atoms with Crippen molar-refractivity contribution in [2.45, 2.75) is 39.0 Å². The number of rotatable bonds is 3. The van der Waals surface area contributed by atoms with Gasteiger partial charge in [0.05, 0.1) is 5.52 Å². The molecule has 0 saturated heterocycles. The van der Waals surface area contributed by atoms with Crippen molar-refractivity contribution in [3.63, 3.8) is 0 Å². The van der Waals surface area contributed by atoms with E-state index in [9.17, 15) is 0 Å². The van der Waals surface area contributed by atoms with Crippen LogP contribution in [0, 0.1) is 5.41 Å². The second-order valence-electron chi connectivity index (χ2n) is 5.86. The molecule has 0 bridgehead atoms.